The average molecular weight is 284 g/mol. The summed E-state index contributed by atoms with van der Waals surface area (Å²) in [7, 11) is 0. The molecule has 1 aliphatic heterocycles. The number of rotatable bonds is 8. The Kier molecular flexibility index (Phi) is 7.52. The lowest BCUT2D eigenvalue weighted by molar-refractivity contribution is -0.133. The molecule has 0 aliphatic carbocycles. The van der Waals surface area contributed by atoms with Gasteiger partial charge in [0.25, 0.3) is 0 Å². The molecule has 1 unspecified atom stereocenters. The Balaban J connectivity index is 2.54. The zero-order valence-corrected chi connectivity index (χ0v) is 13.4. The molecule has 0 aromatic heterocycles. The van der Waals surface area contributed by atoms with E-state index < -0.39 is 6.10 Å². The Bertz CT molecular complexity index is 279. The van der Waals surface area contributed by atoms with Crippen LogP contribution in [-0.4, -0.2) is 36.8 Å². The molecule has 1 rings (SSSR count). The van der Waals surface area contributed by atoms with Crippen LogP contribution in [0.25, 0.3) is 0 Å². The van der Waals surface area contributed by atoms with Gasteiger partial charge in [0.1, 0.15) is 0 Å². The monoisotopic (exact) mass is 284 g/mol. The minimum Gasteiger partial charge on any atom is -0.391 e. The molecule has 1 amide bonds. The van der Waals surface area contributed by atoms with Crippen molar-refractivity contribution < 1.29 is 9.90 Å². The highest BCUT2D eigenvalue weighted by Crippen LogP contribution is 2.34. The molecule has 1 heterocycles. The van der Waals surface area contributed by atoms with Crippen LogP contribution in [0, 0.1) is 11.3 Å². The van der Waals surface area contributed by atoms with Crippen LogP contribution < -0.4 is 10.6 Å². The van der Waals surface area contributed by atoms with Crippen molar-refractivity contribution in [3.8, 4) is 0 Å². The van der Waals surface area contributed by atoms with E-state index in [0.717, 1.165) is 51.6 Å². The van der Waals surface area contributed by atoms with Gasteiger partial charge in [-0.15, -0.1) is 0 Å². The number of piperidine rings is 1. The summed E-state index contributed by atoms with van der Waals surface area (Å²) < 4.78 is 0. The molecule has 4 heteroatoms. The van der Waals surface area contributed by atoms with Crippen LogP contribution in [0.15, 0.2) is 0 Å². The molecule has 1 atom stereocenters. The maximum atomic E-state index is 12.6. The Morgan fingerprint density at radius 3 is 2.35 bits per heavy atom. The summed E-state index contributed by atoms with van der Waals surface area (Å²) in [4.78, 5) is 12.6. The molecule has 1 saturated heterocycles. The second-order valence-electron chi connectivity index (χ2n) is 6.13. The first-order valence-corrected chi connectivity index (χ1v) is 8.26. The molecule has 0 saturated carbocycles. The summed E-state index contributed by atoms with van der Waals surface area (Å²) >= 11 is 0. The number of hydrogen-bond donors (Lipinski definition) is 3. The van der Waals surface area contributed by atoms with Crippen molar-refractivity contribution >= 4 is 5.91 Å². The van der Waals surface area contributed by atoms with Gasteiger partial charge >= 0.3 is 0 Å². The van der Waals surface area contributed by atoms with E-state index in [0.29, 0.717) is 6.54 Å². The van der Waals surface area contributed by atoms with Gasteiger partial charge in [-0.3, -0.25) is 4.79 Å². The van der Waals surface area contributed by atoms with E-state index in [9.17, 15) is 9.90 Å². The van der Waals surface area contributed by atoms with Gasteiger partial charge in [-0.25, -0.2) is 0 Å². The van der Waals surface area contributed by atoms with Crippen molar-refractivity contribution in [3.63, 3.8) is 0 Å². The fourth-order valence-corrected chi connectivity index (χ4v) is 3.36. The minimum absolute atomic E-state index is 0.144. The second kappa shape index (κ2) is 8.63. The largest absolute Gasteiger partial charge is 0.391 e. The molecule has 0 bridgehead atoms. The summed E-state index contributed by atoms with van der Waals surface area (Å²) in [5, 5.41) is 16.5. The lowest BCUT2D eigenvalue weighted by Gasteiger charge is -2.36. The summed E-state index contributed by atoms with van der Waals surface area (Å²) in [5.74, 6) is 0.427. The van der Waals surface area contributed by atoms with Crippen molar-refractivity contribution in [2.24, 2.45) is 11.3 Å². The van der Waals surface area contributed by atoms with Gasteiger partial charge in [0.05, 0.1) is 11.5 Å². The fraction of sp³-hybridized carbons (Fsp3) is 0.938. The van der Waals surface area contributed by atoms with Crippen LogP contribution in [0.4, 0.5) is 0 Å². The van der Waals surface area contributed by atoms with Crippen LogP contribution in [0.3, 0.4) is 0 Å². The van der Waals surface area contributed by atoms with Crippen LogP contribution in [0.2, 0.25) is 0 Å². The molecule has 0 aromatic rings. The molecule has 4 nitrogen and oxygen atoms in total. The van der Waals surface area contributed by atoms with Crippen molar-refractivity contribution in [2.45, 2.75) is 65.4 Å². The molecule has 118 valence electrons. The third kappa shape index (κ3) is 4.45. The summed E-state index contributed by atoms with van der Waals surface area (Å²) in [5.41, 5.74) is -0.215. The molecule has 1 fully saturated rings. The maximum Gasteiger partial charge on any atom is 0.226 e. The highest BCUT2D eigenvalue weighted by Gasteiger charge is 2.38. The number of aliphatic hydroxyl groups excluding tert-OH is 1. The fourth-order valence-electron chi connectivity index (χ4n) is 3.36. The van der Waals surface area contributed by atoms with Gasteiger partial charge in [0.2, 0.25) is 5.91 Å². The smallest absolute Gasteiger partial charge is 0.226 e. The van der Waals surface area contributed by atoms with Gasteiger partial charge in [-0.2, -0.15) is 0 Å². The molecule has 0 aromatic carbocycles. The van der Waals surface area contributed by atoms with Gasteiger partial charge in [-0.05, 0) is 38.3 Å². The zero-order valence-electron chi connectivity index (χ0n) is 13.4. The normalized spacial score (nSPS) is 19.9. The summed E-state index contributed by atoms with van der Waals surface area (Å²) in [6.07, 6.45) is 5.29. The van der Waals surface area contributed by atoms with Crippen LogP contribution in [0.5, 0.6) is 0 Å². The molecule has 20 heavy (non-hydrogen) atoms. The summed E-state index contributed by atoms with van der Waals surface area (Å²) in [6.45, 7) is 8.54. The standard InChI is InChI=1S/C16H32N2O2/c1-4-7-16(8-10-17-11-9-16)15(20)18-12-14(19)13(5-2)6-3/h13-14,17,19H,4-12H2,1-3H3,(H,18,20). The van der Waals surface area contributed by atoms with Crippen LogP contribution in [-0.2, 0) is 4.79 Å². The quantitative estimate of drug-likeness (QED) is 0.639. The van der Waals surface area contributed by atoms with E-state index in [-0.39, 0.29) is 17.2 Å². The van der Waals surface area contributed by atoms with E-state index in [1.807, 2.05) is 0 Å². The molecule has 1 aliphatic rings. The van der Waals surface area contributed by atoms with E-state index in [2.05, 4.69) is 31.4 Å². The first-order valence-electron chi connectivity index (χ1n) is 8.26. The number of carbonyl (C=O) groups excluding carboxylic acids is 1. The molecular weight excluding hydrogens is 252 g/mol. The van der Waals surface area contributed by atoms with Crippen molar-refractivity contribution in [3.05, 3.63) is 0 Å². The molecule has 0 spiro atoms. The molecule has 0 radical (unpaired) electrons. The average Bonchev–Trinajstić information content (AvgIpc) is 2.47. The number of nitrogens with one attached hydrogen (secondary N) is 2. The predicted molar refractivity (Wildman–Crippen MR) is 82.5 cm³/mol. The Morgan fingerprint density at radius 2 is 1.85 bits per heavy atom. The van der Waals surface area contributed by atoms with Crippen molar-refractivity contribution in [1.29, 1.82) is 0 Å². The number of carbonyl (C=O) groups is 1. The Labute approximate surface area is 123 Å². The molecular formula is C16H32N2O2. The van der Waals surface area contributed by atoms with E-state index in [1.165, 1.54) is 0 Å². The third-order valence-corrected chi connectivity index (χ3v) is 4.84. The maximum absolute atomic E-state index is 12.6. The van der Waals surface area contributed by atoms with Gasteiger partial charge in [0.15, 0.2) is 0 Å². The Morgan fingerprint density at radius 1 is 1.25 bits per heavy atom. The van der Waals surface area contributed by atoms with Crippen molar-refractivity contribution in [1.82, 2.24) is 10.6 Å². The van der Waals surface area contributed by atoms with E-state index in [4.69, 9.17) is 0 Å². The number of amides is 1. The first kappa shape index (κ1) is 17.4. The zero-order chi connectivity index (χ0) is 15.0. The highest BCUT2D eigenvalue weighted by atomic mass is 16.3. The van der Waals surface area contributed by atoms with Crippen molar-refractivity contribution in [2.75, 3.05) is 19.6 Å². The summed E-state index contributed by atoms with van der Waals surface area (Å²) in [6, 6.07) is 0. The second-order valence-corrected chi connectivity index (χ2v) is 6.13. The first-order chi connectivity index (χ1) is 9.59. The third-order valence-electron chi connectivity index (χ3n) is 4.84. The molecule has 3 N–H and O–H groups in total. The number of hydrogen-bond acceptors (Lipinski definition) is 3. The topological polar surface area (TPSA) is 61.4 Å². The minimum atomic E-state index is -0.422. The SMILES string of the molecule is CCCC1(C(=O)NCC(O)C(CC)CC)CCNCC1. The lowest BCUT2D eigenvalue weighted by Crippen LogP contribution is -2.49. The van der Waals surface area contributed by atoms with Gasteiger partial charge in [0, 0.05) is 6.54 Å². The van der Waals surface area contributed by atoms with E-state index >= 15 is 0 Å². The van der Waals surface area contributed by atoms with Crippen LogP contribution in [0.1, 0.15) is 59.3 Å². The predicted octanol–water partition coefficient (Wildman–Crippen LogP) is 2.07. The number of aliphatic hydroxyl groups is 1. The lowest BCUT2D eigenvalue weighted by atomic mass is 9.74. The van der Waals surface area contributed by atoms with Crippen LogP contribution >= 0.6 is 0 Å². The van der Waals surface area contributed by atoms with Gasteiger partial charge < -0.3 is 15.7 Å². The highest BCUT2D eigenvalue weighted by molar-refractivity contribution is 5.82. The Hall–Kier alpha value is -0.610. The van der Waals surface area contributed by atoms with E-state index in [1.54, 1.807) is 0 Å². The van der Waals surface area contributed by atoms with Gasteiger partial charge in [-0.1, -0.05) is 40.0 Å².